The number of hydrogen-bond donors (Lipinski definition) is 1. The Kier molecular flexibility index (Phi) is 6.03. The van der Waals surface area contributed by atoms with Gasteiger partial charge in [0, 0.05) is 24.5 Å². The fourth-order valence-corrected chi connectivity index (χ4v) is 2.79. The second kappa shape index (κ2) is 7.09. The Morgan fingerprint density at radius 2 is 1.90 bits per heavy atom. The van der Waals surface area contributed by atoms with Crippen molar-refractivity contribution in [3.05, 3.63) is 35.9 Å². The van der Waals surface area contributed by atoms with Gasteiger partial charge in [0.2, 0.25) is 5.91 Å². The summed E-state index contributed by atoms with van der Waals surface area (Å²) in [6, 6.07) is 10.7. The molecule has 0 radical (unpaired) electrons. The number of halogens is 1. The highest BCUT2D eigenvalue weighted by Gasteiger charge is 2.35. The van der Waals surface area contributed by atoms with Crippen molar-refractivity contribution in [3.8, 4) is 0 Å². The average Bonchev–Trinajstić information content (AvgIpc) is 2.80. The normalized spacial score (nSPS) is 24.9. The van der Waals surface area contributed by atoms with Crippen molar-refractivity contribution >= 4 is 18.3 Å². The highest BCUT2D eigenvalue weighted by molar-refractivity contribution is 5.85. The predicted molar refractivity (Wildman–Crippen MR) is 85.0 cm³/mol. The first-order valence-electron chi connectivity index (χ1n) is 7.11. The fourth-order valence-electron chi connectivity index (χ4n) is 2.79. The third-order valence-electron chi connectivity index (χ3n) is 4.31. The summed E-state index contributed by atoms with van der Waals surface area (Å²) < 4.78 is 0. The zero-order valence-electron chi connectivity index (χ0n) is 12.5. The van der Waals surface area contributed by atoms with E-state index in [0.717, 1.165) is 13.0 Å². The Morgan fingerprint density at radius 3 is 2.45 bits per heavy atom. The van der Waals surface area contributed by atoms with Gasteiger partial charge in [0.15, 0.2) is 0 Å². The van der Waals surface area contributed by atoms with Crippen LogP contribution in [0, 0.1) is 5.92 Å². The summed E-state index contributed by atoms with van der Waals surface area (Å²) in [4.78, 5) is 14.4. The van der Waals surface area contributed by atoms with Crippen molar-refractivity contribution in [2.24, 2.45) is 11.7 Å². The lowest BCUT2D eigenvalue weighted by Crippen LogP contribution is -2.43. The van der Waals surface area contributed by atoms with E-state index >= 15 is 0 Å². The van der Waals surface area contributed by atoms with E-state index in [1.807, 2.05) is 24.8 Å². The van der Waals surface area contributed by atoms with Gasteiger partial charge >= 0.3 is 0 Å². The predicted octanol–water partition coefficient (Wildman–Crippen LogP) is 2.80. The van der Waals surface area contributed by atoms with Gasteiger partial charge in [-0.25, -0.2) is 0 Å². The van der Waals surface area contributed by atoms with E-state index in [-0.39, 0.29) is 30.3 Å². The zero-order chi connectivity index (χ0) is 14.0. The van der Waals surface area contributed by atoms with Crippen LogP contribution in [-0.2, 0) is 4.79 Å². The van der Waals surface area contributed by atoms with Crippen LogP contribution in [0.15, 0.2) is 30.3 Å². The number of nitrogens with zero attached hydrogens (tertiary/aromatic N) is 1. The Balaban J connectivity index is 0.00000200. The maximum atomic E-state index is 12.4. The van der Waals surface area contributed by atoms with Crippen LogP contribution in [0.5, 0.6) is 0 Å². The molecule has 112 valence electrons. The number of nitrogens with two attached hydrogens (primary N) is 1. The maximum absolute atomic E-state index is 12.4. The van der Waals surface area contributed by atoms with E-state index in [9.17, 15) is 4.79 Å². The lowest BCUT2D eigenvalue weighted by molar-refractivity contribution is -0.136. The van der Waals surface area contributed by atoms with Crippen LogP contribution in [0.25, 0.3) is 0 Å². The molecule has 0 spiro atoms. The van der Waals surface area contributed by atoms with Crippen LogP contribution in [0.3, 0.4) is 0 Å². The number of hydrogen-bond acceptors (Lipinski definition) is 2. The molecule has 20 heavy (non-hydrogen) atoms. The monoisotopic (exact) mass is 296 g/mol. The highest BCUT2D eigenvalue weighted by atomic mass is 35.5. The van der Waals surface area contributed by atoms with Gasteiger partial charge in [-0.05, 0) is 25.8 Å². The van der Waals surface area contributed by atoms with E-state index in [2.05, 4.69) is 31.2 Å². The Morgan fingerprint density at radius 1 is 1.30 bits per heavy atom. The van der Waals surface area contributed by atoms with Crippen molar-refractivity contribution in [3.63, 3.8) is 0 Å². The summed E-state index contributed by atoms with van der Waals surface area (Å²) in [5, 5.41) is 0. The summed E-state index contributed by atoms with van der Waals surface area (Å²) in [7, 11) is 0. The topological polar surface area (TPSA) is 46.3 Å². The number of likely N-dealkylation sites (tertiary alicyclic amines) is 1. The first kappa shape index (κ1) is 17.0. The molecule has 0 aliphatic carbocycles. The van der Waals surface area contributed by atoms with Crippen LogP contribution in [0.4, 0.5) is 0 Å². The molecule has 1 saturated heterocycles. The average molecular weight is 297 g/mol. The molecule has 0 bridgehead atoms. The first-order valence-corrected chi connectivity index (χ1v) is 7.11. The van der Waals surface area contributed by atoms with Crippen molar-refractivity contribution in [2.45, 2.75) is 45.2 Å². The van der Waals surface area contributed by atoms with Gasteiger partial charge in [0.25, 0.3) is 0 Å². The molecule has 4 atom stereocenters. The van der Waals surface area contributed by atoms with Gasteiger partial charge in [0.1, 0.15) is 0 Å². The Hall–Kier alpha value is -1.06. The lowest BCUT2D eigenvalue weighted by Gasteiger charge is -2.26. The minimum Gasteiger partial charge on any atom is -0.339 e. The molecule has 1 aliphatic rings. The molecule has 0 saturated carbocycles. The van der Waals surface area contributed by atoms with Gasteiger partial charge in [-0.2, -0.15) is 0 Å². The standard InChI is InChI=1S/C16H24N2O.ClH/c1-11-9-15(14-7-5-4-6-8-14)10-18(11)16(19)12(2)13(3)17;/h4-8,11-13,15H,9-10,17H2,1-3H3;1H. The molecule has 1 aliphatic heterocycles. The molecule has 1 heterocycles. The van der Waals surface area contributed by atoms with E-state index in [0.29, 0.717) is 12.0 Å². The third kappa shape index (κ3) is 3.53. The number of carbonyl (C=O) groups is 1. The molecule has 1 fully saturated rings. The van der Waals surface area contributed by atoms with Crippen LogP contribution in [0.2, 0.25) is 0 Å². The molecule has 1 aromatic carbocycles. The number of amides is 1. The molecule has 2 N–H and O–H groups in total. The fraction of sp³-hybridized carbons (Fsp3) is 0.562. The van der Waals surface area contributed by atoms with Gasteiger partial charge in [-0.15, -0.1) is 12.4 Å². The van der Waals surface area contributed by atoms with E-state index in [1.165, 1.54) is 5.56 Å². The quantitative estimate of drug-likeness (QED) is 0.932. The number of benzene rings is 1. The number of carbonyl (C=O) groups excluding carboxylic acids is 1. The molecule has 1 aromatic rings. The van der Waals surface area contributed by atoms with Gasteiger partial charge in [-0.1, -0.05) is 37.3 Å². The molecule has 0 aromatic heterocycles. The van der Waals surface area contributed by atoms with Crippen molar-refractivity contribution in [2.75, 3.05) is 6.54 Å². The molecular formula is C16H25ClN2O. The largest absolute Gasteiger partial charge is 0.339 e. The van der Waals surface area contributed by atoms with Crippen molar-refractivity contribution in [1.82, 2.24) is 4.90 Å². The summed E-state index contributed by atoms with van der Waals surface area (Å²) >= 11 is 0. The van der Waals surface area contributed by atoms with Gasteiger partial charge in [-0.3, -0.25) is 4.79 Å². The van der Waals surface area contributed by atoms with Crippen LogP contribution >= 0.6 is 12.4 Å². The van der Waals surface area contributed by atoms with Crippen LogP contribution in [-0.4, -0.2) is 29.4 Å². The van der Waals surface area contributed by atoms with Crippen molar-refractivity contribution in [1.29, 1.82) is 0 Å². The maximum Gasteiger partial charge on any atom is 0.227 e. The van der Waals surface area contributed by atoms with E-state index in [1.54, 1.807) is 0 Å². The zero-order valence-corrected chi connectivity index (χ0v) is 13.3. The second-order valence-electron chi connectivity index (χ2n) is 5.83. The minimum atomic E-state index is -0.100. The van der Waals surface area contributed by atoms with Crippen LogP contribution in [0.1, 0.15) is 38.7 Å². The summed E-state index contributed by atoms with van der Waals surface area (Å²) in [5.41, 5.74) is 7.18. The molecule has 2 rings (SSSR count). The molecule has 1 amide bonds. The SMILES string of the molecule is CC(N)C(C)C(=O)N1CC(c2ccccc2)CC1C.Cl. The third-order valence-corrected chi connectivity index (χ3v) is 4.31. The van der Waals surface area contributed by atoms with E-state index in [4.69, 9.17) is 5.73 Å². The summed E-state index contributed by atoms with van der Waals surface area (Å²) in [6.45, 7) is 6.78. The second-order valence-corrected chi connectivity index (χ2v) is 5.83. The van der Waals surface area contributed by atoms with E-state index < -0.39 is 0 Å². The van der Waals surface area contributed by atoms with Crippen molar-refractivity contribution < 1.29 is 4.79 Å². The lowest BCUT2D eigenvalue weighted by atomic mass is 9.97. The summed E-state index contributed by atoms with van der Waals surface area (Å²) in [5.74, 6) is 0.554. The molecular weight excluding hydrogens is 272 g/mol. The van der Waals surface area contributed by atoms with Gasteiger partial charge in [0.05, 0.1) is 5.92 Å². The van der Waals surface area contributed by atoms with Crippen LogP contribution < -0.4 is 5.73 Å². The number of rotatable bonds is 3. The first-order chi connectivity index (χ1) is 9.00. The molecule has 4 heteroatoms. The minimum absolute atomic E-state index is 0. The van der Waals surface area contributed by atoms with Gasteiger partial charge < -0.3 is 10.6 Å². The molecule has 3 nitrogen and oxygen atoms in total. The Bertz CT molecular complexity index is 435. The summed E-state index contributed by atoms with van der Waals surface area (Å²) in [6.07, 6.45) is 1.04. The smallest absolute Gasteiger partial charge is 0.227 e. The highest BCUT2D eigenvalue weighted by Crippen LogP contribution is 2.32. The Labute approximate surface area is 127 Å². The molecule has 4 unspecified atom stereocenters.